The fraction of sp³-hybridized carbons (Fsp3) is 0.182. The molecule has 0 spiro atoms. The average Bonchev–Trinajstić information content (AvgIpc) is 2.28. The summed E-state index contributed by atoms with van der Waals surface area (Å²) in [5, 5.41) is 0. The summed E-state index contributed by atoms with van der Waals surface area (Å²) in [5.41, 5.74) is 3.36. The summed E-state index contributed by atoms with van der Waals surface area (Å²) in [6.45, 7) is 1.47. The molecule has 100 valence electrons. The molecule has 1 aromatic heterocycles. The monoisotopic (exact) mass is 270 g/mol. The molecule has 2 rings (SSSR count). The largest absolute Gasteiger partial charge is 0.418 e. The zero-order valence-corrected chi connectivity index (χ0v) is 9.77. The van der Waals surface area contributed by atoms with Gasteiger partial charge in [-0.25, -0.2) is 14.3 Å². The van der Waals surface area contributed by atoms with E-state index in [0.29, 0.717) is 0 Å². The summed E-state index contributed by atoms with van der Waals surface area (Å²) in [6.07, 6.45) is -3.65. The molecule has 0 bridgehead atoms. The van der Waals surface area contributed by atoms with E-state index in [1.807, 2.05) is 0 Å². The van der Waals surface area contributed by atoms with E-state index in [2.05, 4.69) is 9.97 Å². The molecule has 2 N–H and O–H groups in total. The summed E-state index contributed by atoms with van der Waals surface area (Å²) in [7, 11) is 0. The smallest absolute Gasteiger partial charge is 0.368 e. The van der Waals surface area contributed by atoms with Crippen molar-refractivity contribution in [2.75, 3.05) is 5.73 Å². The van der Waals surface area contributed by atoms with Gasteiger partial charge in [0.25, 0.3) is 0 Å². The van der Waals surface area contributed by atoms with Crippen molar-refractivity contribution in [1.82, 2.24) is 14.5 Å². The first kappa shape index (κ1) is 13.1. The van der Waals surface area contributed by atoms with Gasteiger partial charge in [0.05, 0.1) is 11.3 Å². The molecule has 5 nitrogen and oxygen atoms in total. The Bertz CT molecular complexity index is 678. The van der Waals surface area contributed by atoms with Crippen molar-refractivity contribution < 1.29 is 13.2 Å². The van der Waals surface area contributed by atoms with E-state index in [-0.39, 0.29) is 17.2 Å². The normalized spacial score (nSPS) is 11.6. The van der Waals surface area contributed by atoms with Crippen LogP contribution in [0.15, 0.2) is 29.3 Å². The predicted molar refractivity (Wildman–Crippen MR) is 61.8 cm³/mol. The number of hydrogen-bond donors (Lipinski definition) is 1. The fourth-order valence-corrected chi connectivity index (χ4v) is 1.71. The quantitative estimate of drug-likeness (QED) is 0.853. The first-order valence-electron chi connectivity index (χ1n) is 5.19. The molecule has 0 saturated carbocycles. The molecule has 19 heavy (non-hydrogen) atoms. The first-order valence-corrected chi connectivity index (χ1v) is 5.19. The number of nitrogen functional groups attached to an aromatic ring is 1. The van der Waals surface area contributed by atoms with E-state index in [1.165, 1.54) is 19.1 Å². The molecule has 2 aromatic rings. The third kappa shape index (κ3) is 2.42. The Labute approximate surface area is 105 Å². The van der Waals surface area contributed by atoms with Crippen LogP contribution in [0.25, 0.3) is 5.69 Å². The average molecular weight is 270 g/mol. The number of anilines is 1. The minimum absolute atomic E-state index is 0.283. The summed E-state index contributed by atoms with van der Waals surface area (Å²) in [5.74, 6) is -0.289. The van der Waals surface area contributed by atoms with E-state index in [9.17, 15) is 18.0 Å². The number of nitrogens with two attached hydrogens (primary N) is 1. The maximum Gasteiger partial charge on any atom is 0.418 e. The summed E-state index contributed by atoms with van der Waals surface area (Å²) in [4.78, 5) is 18.5. The third-order valence-electron chi connectivity index (χ3n) is 2.51. The highest BCUT2D eigenvalue weighted by molar-refractivity contribution is 5.49. The molecule has 1 heterocycles. The van der Waals surface area contributed by atoms with Crippen LogP contribution in [-0.4, -0.2) is 14.5 Å². The molecule has 0 aliphatic rings. The Balaban J connectivity index is 2.78. The molecule has 0 saturated heterocycles. The van der Waals surface area contributed by atoms with E-state index in [0.717, 1.165) is 17.0 Å². The molecule has 0 aliphatic heterocycles. The van der Waals surface area contributed by atoms with Gasteiger partial charge in [-0.05, 0) is 18.6 Å². The minimum atomic E-state index is -4.58. The van der Waals surface area contributed by atoms with Gasteiger partial charge in [0.2, 0.25) is 5.95 Å². The van der Waals surface area contributed by atoms with E-state index in [4.69, 9.17) is 5.73 Å². The maximum atomic E-state index is 12.9. The molecule has 1 aromatic carbocycles. The summed E-state index contributed by atoms with van der Waals surface area (Å²) in [6, 6.07) is 3.63. The van der Waals surface area contributed by atoms with Crippen molar-refractivity contribution >= 4 is 5.95 Å². The molecule has 0 atom stereocenters. The van der Waals surface area contributed by atoms with Crippen LogP contribution in [0.5, 0.6) is 0 Å². The lowest BCUT2D eigenvalue weighted by Gasteiger charge is -2.15. The van der Waals surface area contributed by atoms with Gasteiger partial charge in [-0.3, -0.25) is 0 Å². The highest BCUT2D eigenvalue weighted by Gasteiger charge is 2.34. The number of para-hydroxylation sites is 1. The van der Waals surface area contributed by atoms with Crippen molar-refractivity contribution in [3.63, 3.8) is 0 Å². The second kappa shape index (κ2) is 4.38. The standard InChI is InChI=1S/C11H9F3N4O/c1-6-3-2-4-7(11(12,13)14)8(6)18-5-16-9(15)17-10(18)19/h2-5H,1H3,(H2,15,17,19). The van der Waals surface area contributed by atoms with Crippen LogP contribution in [0.2, 0.25) is 0 Å². The van der Waals surface area contributed by atoms with Crippen molar-refractivity contribution in [1.29, 1.82) is 0 Å². The zero-order valence-electron chi connectivity index (χ0n) is 9.77. The van der Waals surface area contributed by atoms with Crippen LogP contribution in [0, 0.1) is 6.92 Å². The Morgan fingerprint density at radius 1 is 1.32 bits per heavy atom. The Morgan fingerprint density at radius 3 is 2.58 bits per heavy atom. The van der Waals surface area contributed by atoms with Gasteiger partial charge in [0.15, 0.2) is 0 Å². The van der Waals surface area contributed by atoms with Crippen LogP contribution < -0.4 is 11.4 Å². The van der Waals surface area contributed by atoms with E-state index in [1.54, 1.807) is 0 Å². The number of alkyl halides is 3. The lowest BCUT2D eigenvalue weighted by molar-refractivity contribution is -0.137. The van der Waals surface area contributed by atoms with Crippen molar-refractivity contribution in [2.45, 2.75) is 13.1 Å². The molecular weight excluding hydrogens is 261 g/mol. The highest BCUT2D eigenvalue weighted by Crippen LogP contribution is 2.34. The number of halogens is 3. The summed E-state index contributed by atoms with van der Waals surface area (Å²) < 4.78 is 39.6. The number of aryl methyl sites for hydroxylation is 1. The topological polar surface area (TPSA) is 73.8 Å². The van der Waals surface area contributed by atoms with E-state index >= 15 is 0 Å². The highest BCUT2D eigenvalue weighted by atomic mass is 19.4. The fourth-order valence-electron chi connectivity index (χ4n) is 1.71. The van der Waals surface area contributed by atoms with Crippen molar-refractivity contribution in [3.8, 4) is 5.69 Å². The first-order chi connectivity index (χ1) is 8.80. The van der Waals surface area contributed by atoms with Crippen molar-refractivity contribution in [3.05, 3.63) is 46.1 Å². The SMILES string of the molecule is Cc1cccc(C(F)(F)F)c1-n1cnc(N)nc1=O. The zero-order chi connectivity index (χ0) is 14.2. The number of nitrogens with zero attached hydrogens (tertiary/aromatic N) is 3. The van der Waals surface area contributed by atoms with Crippen LogP contribution in [0.4, 0.5) is 19.1 Å². The lowest BCUT2D eigenvalue weighted by Crippen LogP contribution is -2.26. The molecule has 0 unspecified atom stereocenters. The van der Waals surface area contributed by atoms with Crippen molar-refractivity contribution in [2.24, 2.45) is 0 Å². The van der Waals surface area contributed by atoms with Crippen LogP contribution in [0.1, 0.15) is 11.1 Å². The number of aromatic nitrogens is 3. The molecule has 8 heteroatoms. The van der Waals surface area contributed by atoms with Gasteiger partial charge >= 0.3 is 11.9 Å². The Morgan fingerprint density at radius 2 is 2.00 bits per heavy atom. The molecule has 0 fully saturated rings. The third-order valence-corrected chi connectivity index (χ3v) is 2.51. The van der Waals surface area contributed by atoms with Gasteiger partial charge < -0.3 is 5.73 Å². The molecule has 0 amide bonds. The van der Waals surface area contributed by atoms with Crippen LogP contribution in [0.3, 0.4) is 0 Å². The van der Waals surface area contributed by atoms with Gasteiger partial charge in [0, 0.05) is 0 Å². The number of benzene rings is 1. The van der Waals surface area contributed by atoms with Crippen LogP contribution >= 0.6 is 0 Å². The number of hydrogen-bond acceptors (Lipinski definition) is 4. The summed E-state index contributed by atoms with van der Waals surface area (Å²) >= 11 is 0. The predicted octanol–water partition coefficient (Wildman–Crippen LogP) is 1.54. The van der Waals surface area contributed by atoms with Gasteiger partial charge in [-0.1, -0.05) is 12.1 Å². The lowest BCUT2D eigenvalue weighted by atomic mass is 10.1. The van der Waals surface area contributed by atoms with E-state index < -0.39 is 17.4 Å². The Kier molecular flexibility index (Phi) is 3.01. The van der Waals surface area contributed by atoms with Gasteiger partial charge in [0.1, 0.15) is 6.33 Å². The molecule has 0 aliphatic carbocycles. The second-order valence-electron chi connectivity index (χ2n) is 3.84. The Hall–Kier alpha value is -2.38. The molecular formula is C11H9F3N4O. The van der Waals surface area contributed by atoms with Gasteiger partial charge in [-0.15, -0.1) is 0 Å². The van der Waals surface area contributed by atoms with Crippen LogP contribution in [-0.2, 0) is 6.18 Å². The number of rotatable bonds is 1. The molecule has 0 radical (unpaired) electrons. The maximum absolute atomic E-state index is 12.9. The van der Waals surface area contributed by atoms with Gasteiger partial charge in [-0.2, -0.15) is 18.2 Å². The second-order valence-corrected chi connectivity index (χ2v) is 3.84. The minimum Gasteiger partial charge on any atom is -0.368 e.